The van der Waals surface area contributed by atoms with Gasteiger partial charge < -0.3 is 15.4 Å². The van der Waals surface area contributed by atoms with Crippen LogP contribution in [-0.2, 0) is 6.54 Å². The van der Waals surface area contributed by atoms with E-state index in [-0.39, 0.29) is 0 Å². The number of benzene rings is 1. The third kappa shape index (κ3) is 3.37. The fraction of sp³-hybridized carbons (Fsp3) is 0.267. The highest BCUT2D eigenvalue weighted by Gasteiger charge is 2.06. The quantitative estimate of drug-likeness (QED) is 0.837. The molecule has 1 aromatic heterocycles. The molecule has 0 aliphatic rings. The van der Waals surface area contributed by atoms with Crippen LogP contribution in [0.4, 0.5) is 11.4 Å². The van der Waals surface area contributed by atoms with E-state index in [1.165, 1.54) is 5.56 Å². The first-order valence-corrected chi connectivity index (χ1v) is 6.33. The number of anilines is 2. The molecule has 2 N–H and O–H groups in total. The number of ether oxygens (including phenoxy) is 1. The zero-order valence-electron chi connectivity index (χ0n) is 11.3. The van der Waals surface area contributed by atoms with Crippen LogP contribution < -0.4 is 15.4 Å². The zero-order chi connectivity index (χ0) is 13.7. The third-order valence-corrected chi connectivity index (χ3v) is 2.88. The minimum Gasteiger partial charge on any atom is -0.492 e. The molecule has 0 amide bonds. The summed E-state index contributed by atoms with van der Waals surface area (Å²) in [5.41, 5.74) is 8.78. The van der Waals surface area contributed by atoms with Crippen LogP contribution in [0.1, 0.15) is 12.5 Å². The van der Waals surface area contributed by atoms with Gasteiger partial charge in [0, 0.05) is 37.7 Å². The topological polar surface area (TPSA) is 51.4 Å². The molecule has 0 spiro atoms. The standard InChI is InChI=1S/C15H19N3O/c1-3-19-15-9-13(6-7-14(15)16)18(2)11-12-5-4-8-17-10-12/h4-10H,3,11,16H2,1-2H3. The van der Waals surface area contributed by atoms with E-state index in [2.05, 4.69) is 16.0 Å². The molecule has 1 heterocycles. The number of pyridine rings is 1. The molecule has 0 atom stereocenters. The van der Waals surface area contributed by atoms with Crippen LogP contribution in [-0.4, -0.2) is 18.6 Å². The van der Waals surface area contributed by atoms with Crippen LogP contribution >= 0.6 is 0 Å². The highest BCUT2D eigenvalue weighted by Crippen LogP contribution is 2.27. The predicted octanol–water partition coefficient (Wildman–Crippen LogP) is 2.70. The molecule has 0 aliphatic carbocycles. The number of nitrogens with two attached hydrogens (primary N) is 1. The monoisotopic (exact) mass is 257 g/mol. The van der Waals surface area contributed by atoms with E-state index in [0.29, 0.717) is 12.3 Å². The smallest absolute Gasteiger partial charge is 0.144 e. The molecule has 0 fully saturated rings. The van der Waals surface area contributed by atoms with Crippen molar-refractivity contribution in [2.75, 3.05) is 24.3 Å². The molecule has 4 heteroatoms. The van der Waals surface area contributed by atoms with Crippen molar-refractivity contribution < 1.29 is 4.74 Å². The molecule has 0 saturated heterocycles. The Morgan fingerprint density at radius 1 is 1.32 bits per heavy atom. The Morgan fingerprint density at radius 3 is 2.84 bits per heavy atom. The van der Waals surface area contributed by atoms with Crippen LogP contribution in [0.15, 0.2) is 42.7 Å². The summed E-state index contributed by atoms with van der Waals surface area (Å²) in [5, 5.41) is 0. The molecule has 2 aromatic rings. The Hall–Kier alpha value is -2.23. The second-order valence-corrected chi connectivity index (χ2v) is 4.37. The largest absolute Gasteiger partial charge is 0.492 e. The van der Waals surface area contributed by atoms with Gasteiger partial charge in [-0.2, -0.15) is 0 Å². The van der Waals surface area contributed by atoms with Crippen LogP contribution in [0, 0.1) is 0 Å². The summed E-state index contributed by atoms with van der Waals surface area (Å²) < 4.78 is 5.51. The van der Waals surface area contributed by atoms with Gasteiger partial charge in [0.05, 0.1) is 12.3 Å². The van der Waals surface area contributed by atoms with Crippen LogP contribution in [0.5, 0.6) is 5.75 Å². The summed E-state index contributed by atoms with van der Waals surface area (Å²) in [7, 11) is 2.04. The van der Waals surface area contributed by atoms with E-state index in [9.17, 15) is 0 Å². The molecule has 19 heavy (non-hydrogen) atoms. The van der Waals surface area contributed by atoms with E-state index >= 15 is 0 Å². The molecule has 0 radical (unpaired) electrons. The van der Waals surface area contributed by atoms with Gasteiger partial charge in [-0.05, 0) is 30.7 Å². The molecular formula is C15H19N3O. The number of nitrogen functional groups attached to an aromatic ring is 1. The van der Waals surface area contributed by atoms with Gasteiger partial charge in [-0.25, -0.2) is 0 Å². The average molecular weight is 257 g/mol. The first kappa shape index (κ1) is 13.2. The lowest BCUT2D eigenvalue weighted by molar-refractivity contribution is 0.342. The molecule has 2 rings (SSSR count). The molecule has 0 aliphatic heterocycles. The summed E-state index contributed by atoms with van der Waals surface area (Å²) in [5.74, 6) is 0.734. The molecule has 4 nitrogen and oxygen atoms in total. The van der Waals surface area contributed by atoms with Crippen LogP contribution in [0.2, 0.25) is 0 Å². The SMILES string of the molecule is CCOc1cc(N(C)Cc2cccnc2)ccc1N. The highest BCUT2D eigenvalue weighted by atomic mass is 16.5. The second-order valence-electron chi connectivity index (χ2n) is 4.37. The van der Waals surface area contributed by atoms with Gasteiger partial charge in [0.25, 0.3) is 0 Å². The minimum absolute atomic E-state index is 0.611. The van der Waals surface area contributed by atoms with Gasteiger partial charge in [0.2, 0.25) is 0 Å². The van der Waals surface area contributed by atoms with Crippen molar-refractivity contribution in [3.05, 3.63) is 48.3 Å². The van der Waals surface area contributed by atoms with Crippen molar-refractivity contribution in [1.29, 1.82) is 0 Å². The van der Waals surface area contributed by atoms with Gasteiger partial charge >= 0.3 is 0 Å². The maximum absolute atomic E-state index is 5.87. The van der Waals surface area contributed by atoms with Gasteiger partial charge in [0.1, 0.15) is 5.75 Å². The van der Waals surface area contributed by atoms with E-state index in [0.717, 1.165) is 18.0 Å². The van der Waals surface area contributed by atoms with E-state index < -0.39 is 0 Å². The molecule has 1 aromatic carbocycles. The summed E-state index contributed by atoms with van der Waals surface area (Å²) in [6, 6.07) is 9.84. The second kappa shape index (κ2) is 6.09. The minimum atomic E-state index is 0.611. The maximum Gasteiger partial charge on any atom is 0.144 e. The first-order valence-electron chi connectivity index (χ1n) is 6.33. The van der Waals surface area contributed by atoms with Crippen LogP contribution in [0.3, 0.4) is 0 Å². The van der Waals surface area contributed by atoms with Crippen molar-refractivity contribution in [1.82, 2.24) is 4.98 Å². The maximum atomic E-state index is 5.87. The van der Waals surface area contributed by atoms with Crippen molar-refractivity contribution in [3.63, 3.8) is 0 Å². The summed E-state index contributed by atoms with van der Waals surface area (Å²) in [6.45, 7) is 3.36. The Bertz CT molecular complexity index is 528. The molecular weight excluding hydrogens is 238 g/mol. The number of hydrogen-bond donors (Lipinski definition) is 1. The molecule has 0 bridgehead atoms. The zero-order valence-corrected chi connectivity index (χ0v) is 11.3. The number of aromatic nitrogens is 1. The van der Waals surface area contributed by atoms with Gasteiger partial charge in [-0.3, -0.25) is 4.98 Å². The fourth-order valence-electron chi connectivity index (χ4n) is 1.90. The summed E-state index contributed by atoms with van der Waals surface area (Å²) in [6.07, 6.45) is 3.65. The number of hydrogen-bond acceptors (Lipinski definition) is 4. The van der Waals surface area contributed by atoms with Gasteiger partial charge in [0.15, 0.2) is 0 Å². The summed E-state index contributed by atoms with van der Waals surface area (Å²) in [4.78, 5) is 6.26. The Balaban J connectivity index is 2.15. The molecule has 100 valence electrons. The highest BCUT2D eigenvalue weighted by molar-refractivity contribution is 5.62. The first-order chi connectivity index (χ1) is 9.20. The van der Waals surface area contributed by atoms with E-state index in [4.69, 9.17) is 10.5 Å². The van der Waals surface area contributed by atoms with E-state index in [1.807, 2.05) is 44.4 Å². The van der Waals surface area contributed by atoms with Crippen molar-refractivity contribution in [2.24, 2.45) is 0 Å². The number of nitrogens with zero attached hydrogens (tertiary/aromatic N) is 2. The summed E-state index contributed by atoms with van der Waals surface area (Å²) >= 11 is 0. The van der Waals surface area contributed by atoms with Crippen LogP contribution in [0.25, 0.3) is 0 Å². The van der Waals surface area contributed by atoms with Crippen molar-refractivity contribution in [2.45, 2.75) is 13.5 Å². The Labute approximate surface area is 113 Å². The fourth-order valence-corrected chi connectivity index (χ4v) is 1.90. The normalized spacial score (nSPS) is 10.2. The van der Waals surface area contributed by atoms with Gasteiger partial charge in [-0.1, -0.05) is 6.07 Å². The lowest BCUT2D eigenvalue weighted by atomic mass is 10.2. The van der Waals surface area contributed by atoms with Crippen molar-refractivity contribution in [3.8, 4) is 5.75 Å². The Kier molecular flexibility index (Phi) is 4.23. The van der Waals surface area contributed by atoms with E-state index in [1.54, 1.807) is 6.20 Å². The molecule has 0 unspecified atom stereocenters. The third-order valence-electron chi connectivity index (χ3n) is 2.88. The lowest BCUT2D eigenvalue weighted by Gasteiger charge is -2.20. The van der Waals surface area contributed by atoms with Crippen molar-refractivity contribution >= 4 is 11.4 Å². The predicted molar refractivity (Wildman–Crippen MR) is 78.4 cm³/mol. The Morgan fingerprint density at radius 2 is 2.16 bits per heavy atom. The number of rotatable bonds is 5. The molecule has 0 saturated carbocycles. The van der Waals surface area contributed by atoms with Gasteiger partial charge in [-0.15, -0.1) is 0 Å². The average Bonchev–Trinajstić information content (AvgIpc) is 2.42. The lowest BCUT2D eigenvalue weighted by Crippen LogP contribution is -2.16.